The normalized spacial score (nSPS) is 14.7. The summed E-state index contributed by atoms with van der Waals surface area (Å²) in [5.74, 6) is 0.779. The van der Waals surface area contributed by atoms with Gasteiger partial charge in [0.2, 0.25) is 5.88 Å². The number of hydrogen-bond acceptors (Lipinski definition) is 5. The summed E-state index contributed by atoms with van der Waals surface area (Å²) < 4.78 is 10.1. The van der Waals surface area contributed by atoms with E-state index in [1.807, 2.05) is 6.07 Å². The van der Waals surface area contributed by atoms with E-state index in [1.165, 1.54) is 6.26 Å². The minimum atomic E-state index is -0.225. The highest BCUT2D eigenvalue weighted by atomic mass is 16.5. The number of rotatable bonds is 5. The zero-order valence-corrected chi connectivity index (χ0v) is 14.6. The molecule has 2 aromatic rings. The van der Waals surface area contributed by atoms with Crippen molar-refractivity contribution in [2.45, 2.75) is 25.4 Å². The van der Waals surface area contributed by atoms with Crippen molar-refractivity contribution in [3.63, 3.8) is 0 Å². The highest BCUT2D eigenvalue weighted by molar-refractivity contribution is 5.91. The van der Waals surface area contributed by atoms with E-state index in [4.69, 9.17) is 9.15 Å². The number of likely N-dealkylation sites (tertiary alicyclic amines) is 1. The fraction of sp³-hybridized carbons (Fsp3) is 0.389. The van der Waals surface area contributed by atoms with E-state index in [-0.39, 0.29) is 18.0 Å². The summed E-state index contributed by atoms with van der Waals surface area (Å²) in [4.78, 5) is 30.1. The van der Waals surface area contributed by atoms with Crippen molar-refractivity contribution < 1.29 is 18.7 Å². The lowest BCUT2D eigenvalue weighted by Gasteiger charge is -2.31. The molecule has 3 heterocycles. The number of pyridine rings is 1. The Bertz CT molecular complexity index is 722. The molecular weight excluding hydrogens is 336 g/mol. The van der Waals surface area contributed by atoms with Gasteiger partial charge in [-0.2, -0.15) is 0 Å². The van der Waals surface area contributed by atoms with Gasteiger partial charge in [-0.25, -0.2) is 9.78 Å². The maximum atomic E-state index is 12.2. The number of furan rings is 1. The second kappa shape index (κ2) is 8.37. The number of carbonyl (C=O) groups is 2. The molecule has 0 aromatic carbocycles. The molecule has 3 amide bonds. The molecule has 0 radical (unpaired) electrons. The zero-order valence-electron chi connectivity index (χ0n) is 14.6. The molecule has 138 valence electrons. The highest BCUT2D eigenvalue weighted by Gasteiger charge is 2.25. The summed E-state index contributed by atoms with van der Waals surface area (Å²) in [6.07, 6.45) is 4.58. The number of amides is 3. The Kier molecular flexibility index (Phi) is 5.73. The molecule has 0 saturated carbocycles. The molecule has 1 aliphatic heterocycles. The molecule has 2 N–H and O–H groups in total. The Hall–Kier alpha value is -3.03. The summed E-state index contributed by atoms with van der Waals surface area (Å²) in [7, 11) is 1.56. The molecule has 8 heteroatoms. The first-order valence-corrected chi connectivity index (χ1v) is 8.52. The molecule has 0 spiro atoms. The van der Waals surface area contributed by atoms with Crippen LogP contribution in [0.4, 0.5) is 4.79 Å². The van der Waals surface area contributed by atoms with Gasteiger partial charge in [-0.3, -0.25) is 4.79 Å². The third-order valence-electron chi connectivity index (χ3n) is 4.31. The van der Waals surface area contributed by atoms with Gasteiger partial charge in [0.1, 0.15) is 0 Å². The zero-order chi connectivity index (χ0) is 18.4. The lowest BCUT2D eigenvalue weighted by atomic mass is 10.0. The largest absolute Gasteiger partial charge is 0.481 e. The van der Waals surface area contributed by atoms with Gasteiger partial charge in [0.15, 0.2) is 5.76 Å². The Morgan fingerprint density at radius 3 is 2.73 bits per heavy atom. The van der Waals surface area contributed by atoms with Crippen molar-refractivity contribution in [1.29, 1.82) is 0 Å². The predicted octanol–water partition coefficient (Wildman–Crippen LogP) is 1.79. The van der Waals surface area contributed by atoms with Gasteiger partial charge in [-0.05, 0) is 30.5 Å². The number of nitrogens with one attached hydrogen (secondary N) is 2. The highest BCUT2D eigenvalue weighted by Crippen LogP contribution is 2.14. The minimum Gasteiger partial charge on any atom is -0.481 e. The number of aromatic nitrogens is 1. The quantitative estimate of drug-likeness (QED) is 0.849. The van der Waals surface area contributed by atoms with Crippen LogP contribution >= 0.6 is 0 Å². The maximum absolute atomic E-state index is 12.2. The third-order valence-corrected chi connectivity index (χ3v) is 4.31. The lowest BCUT2D eigenvalue weighted by molar-refractivity contribution is 0.0676. The molecule has 0 bridgehead atoms. The van der Waals surface area contributed by atoms with Crippen molar-refractivity contribution >= 4 is 11.9 Å². The number of carbonyl (C=O) groups excluding carboxylic acids is 2. The van der Waals surface area contributed by atoms with E-state index < -0.39 is 0 Å². The van der Waals surface area contributed by atoms with Crippen molar-refractivity contribution in [2.75, 3.05) is 20.2 Å². The molecule has 0 aliphatic carbocycles. The molecule has 1 fully saturated rings. The topological polar surface area (TPSA) is 96.7 Å². The Morgan fingerprint density at radius 1 is 1.31 bits per heavy atom. The number of nitrogens with zero attached hydrogens (tertiary/aromatic N) is 2. The Labute approximate surface area is 151 Å². The number of methoxy groups -OCH3 is 1. The maximum Gasteiger partial charge on any atom is 0.315 e. The number of piperidine rings is 1. The first kappa shape index (κ1) is 17.8. The van der Waals surface area contributed by atoms with Gasteiger partial charge in [-0.1, -0.05) is 6.07 Å². The number of ether oxygens (including phenoxy) is 1. The number of hydrogen-bond donors (Lipinski definition) is 2. The van der Waals surface area contributed by atoms with Crippen LogP contribution in [0.3, 0.4) is 0 Å². The van der Waals surface area contributed by atoms with Gasteiger partial charge in [-0.15, -0.1) is 0 Å². The number of urea groups is 1. The molecule has 3 rings (SSSR count). The molecule has 0 atom stereocenters. The predicted molar refractivity (Wildman–Crippen MR) is 93.8 cm³/mol. The summed E-state index contributed by atoms with van der Waals surface area (Å²) in [6, 6.07) is 6.78. The SMILES string of the molecule is COc1ccc(CNC(=O)NC2CCN(C(=O)c3ccco3)CC2)cn1. The molecule has 2 aromatic heterocycles. The molecule has 1 saturated heterocycles. The monoisotopic (exact) mass is 358 g/mol. The van der Waals surface area contributed by atoms with E-state index in [1.54, 1.807) is 36.4 Å². The van der Waals surface area contributed by atoms with Crippen molar-refractivity contribution in [3.05, 3.63) is 48.0 Å². The van der Waals surface area contributed by atoms with E-state index in [9.17, 15) is 9.59 Å². The first-order valence-electron chi connectivity index (χ1n) is 8.52. The van der Waals surface area contributed by atoms with Gasteiger partial charge >= 0.3 is 6.03 Å². The van der Waals surface area contributed by atoms with Gasteiger partial charge in [0.05, 0.1) is 13.4 Å². The van der Waals surface area contributed by atoms with Crippen molar-refractivity contribution in [2.24, 2.45) is 0 Å². The molecular formula is C18H22N4O4. The molecule has 1 aliphatic rings. The Morgan fingerprint density at radius 2 is 2.12 bits per heavy atom. The summed E-state index contributed by atoms with van der Waals surface area (Å²) >= 11 is 0. The standard InChI is InChI=1S/C18H22N4O4/c1-25-16-5-4-13(11-19-16)12-20-18(24)21-14-6-8-22(9-7-14)17(23)15-3-2-10-26-15/h2-5,10-11,14H,6-9,12H2,1H3,(H2,20,21,24). The summed E-state index contributed by atoms with van der Waals surface area (Å²) in [6.45, 7) is 1.57. The lowest BCUT2D eigenvalue weighted by Crippen LogP contribution is -2.49. The second-order valence-electron chi connectivity index (χ2n) is 6.08. The first-order chi connectivity index (χ1) is 12.7. The van der Waals surface area contributed by atoms with E-state index in [0.29, 0.717) is 44.1 Å². The minimum absolute atomic E-state index is 0.0460. The molecule has 8 nitrogen and oxygen atoms in total. The van der Waals surface area contributed by atoms with Crippen molar-refractivity contribution in [1.82, 2.24) is 20.5 Å². The average molecular weight is 358 g/mol. The van der Waals surface area contributed by atoms with Crippen LogP contribution in [0.1, 0.15) is 29.0 Å². The van der Waals surface area contributed by atoms with Gasteiger partial charge < -0.3 is 24.7 Å². The fourth-order valence-corrected chi connectivity index (χ4v) is 2.84. The van der Waals surface area contributed by atoms with Crippen LogP contribution in [0, 0.1) is 0 Å². The van der Waals surface area contributed by atoms with Crippen LogP contribution in [0.25, 0.3) is 0 Å². The summed E-state index contributed by atoms with van der Waals surface area (Å²) in [5, 5.41) is 5.76. The van der Waals surface area contributed by atoms with Gasteiger partial charge in [0, 0.05) is 37.9 Å². The molecule has 26 heavy (non-hydrogen) atoms. The van der Waals surface area contributed by atoms with E-state index in [2.05, 4.69) is 15.6 Å². The average Bonchev–Trinajstić information content (AvgIpc) is 3.21. The van der Waals surface area contributed by atoms with Crippen LogP contribution < -0.4 is 15.4 Å². The van der Waals surface area contributed by atoms with Crippen LogP contribution in [-0.4, -0.2) is 48.1 Å². The van der Waals surface area contributed by atoms with E-state index in [0.717, 1.165) is 5.56 Å². The smallest absolute Gasteiger partial charge is 0.315 e. The van der Waals surface area contributed by atoms with E-state index >= 15 is 0 Å². The Balaban J connectivity index is 1.39. The van der Waals surface area contributed by atoms with Crippen LogP contribution in [0.2, 0.25) is 0 Å². The van der Waals surface area contributed by atoms with Crippen LogP contribution in [-0.2, 0) is 6.54 Å². The summed E-state index contributed by atoms with van der Waals surface area (Å²) in [5.41, 5.74) is 0.889. The van der Waals surface area contributed by atoms with Crippen molar-refractivity contribution in [3.8, 4) is 5.88 Å². The third kappa shape index (κ3) is 4.53. The second-order valence-corrected chi connectivity index (χ2v) is 6.08. The molecule has 0 unspecified atom stereocenters. The van der Waals surface area contributed by atoms with Crippen LogP contribution in [0.5, 0.6) is 5.88 Å². The van der Waals surface area contributed by atoms with Crippen LogP contribution in [0.15, 0.2) is 41.1 Å². The fourth-order valence-electron chi connectivity index (χ4n) is 2.84. The van der Waals surface area contributed by atoms with Gasteiger partial charge in [0.25, 0.3) is 5.91 Å².